The van der Waals surface area contributed by atoms with Crippen LogP contribution >= 0.6 is 0 Å². The predicted molar refractivity (Wildman–Crippen MR) is 101 cm³/mol. The molecular weight excluding hydrogens is 390 g/mol. The number of alkyl halides is 2. The van der Waals surface area contributed by atoms with Gasteiger partial charge in [-0.2, -0.15) is 8.78 Å². The van der Waals surface area contributed by atoms with Gasteiger partial charge in [-0.1, -0.05) is 6.07 Å². The second-order valence-electron chi connectivity index (χ2n) is 6.50. The Morgan fingerprint density at radius 1 is 1.24 bits per heavy atom. The van der Waals surface area contributed by atoms with E-state index in [0.29, 0.717) is 38.1 Å². The zero-order chi connectivity index (χ0) is 20.9. The fourth-order valence-corrected chi connectivity index (χ4v) is 3.17. The molecule has 2 heterocycles. The van der Waals surface area contributed by atoms with Gasteiger partial charge in [0.2, 0.25) is 0 Å². The van der Waals surface area contributed by atoms with E-state index in [4.69, 9.17) is 10.6 Å². The van der Waals surface area contributed by atoms with Gasteiger partial charge < -0.3 is 15.1 Å². The van der Waals surface area contributed by atoms with Crippen LogP contribution in [0.4, 0.5) is 23.2 Å². The highest BCUT2D eigenvalue weighted by molar-refractivity contribution is 5.53. The first kappa shape index (κ1) is 21.0. The molecule has 6 nitrogen and oxygen atoms in total. The van der Waals surface area contributed by atoms with Gasteiger partial charge in [0.15, 0.2) is 0 Å². The summed E-state index contributed by atoms with van der Waals surface area (Å²) in [7, 11) is 0. The van der Waals surface area contributed by atoms with Crippen molar-refractivity contribution >= 4 is 12.0 Å². The van der Waals surface area contributed by atoms with Crippen LogP contribution in [0.15, 0.2) is 41.5 Å². The van der Waals surface area contributed by atoms with Crippen LogP contribution in [-0.2, 0) is 10.7 Å². The predicted octanol–water partition coefficient (Wildman–Crippen LogP) is 2.56. The summed E-state index contributed by atoms with van der Waals surface area (Å²) in [6, 6.07) is 5.25. The van der Waals surface area contributed by atoms with Gasteiger partial charge in [-0.15, -0.1) is 0 Å². The van der Waals surface area contributed by atoms with Crippen molar-refractivity contribution < 1.29 is 22.3 Å². The van der Waals surface area contributed by atoms with Gasteiger partial charge >= 0.3 is 0 Å². The Kier molecular flexibility index (Phi) is 6.65. The lowest BCUT2D eigenvalue weighted by molar-refractivity contribution is -0.0364. The minimum atomic E-state index is -3.56. The lowest BCUT2D eigenvalue weighted by Crippen LogP contribution is -2.36. The van der Waals surface area contributed by atoms with Gasteiger partial charge in [-0.05, 0) is 23.8 Å². The van der Waals surface area contributed by atoms with E-state index in [1.54, 1.807) is 6.07 Å². The van der Waals surface area contributed by atoms with E-state index in [9.17, 15) is 8.78 Å². The summed E-state index contributed by atoms with van der Waals surface area (Å²) in [5, 5.41) is 0. The quantitative estimate of drug-likeness (QED) is 0.241. The number of anilines is 1. The summed E-state index contributed by atoms with van der Waals surface area (Å²) in [5.74, 6) is -2.11. The highest BCUT2D eigenvalue weighted by Gasteiger charge is 2.44. The minimum Gasteiger partial charge on any atom is -0.378 e. The third kappa shape index (κ3) is 4.83. The van der Waals surface area contributed by atoms with Crippen LogP contribution in [-0.4, -0.2) is 44.2 Å². The standard InChI is InChI=1S/C19H21F4N5O/c20-13-1-3-15(17(21)9-13)16(11-25-12-27-24)19(22,23)18-4-2-14(10-26-18)28-5-7-29-8-6-28/h1-4,9-10,12,16H,5-8,11,24H2,(H,25,27). The summed E-state index contributed by atoms with van der Waals surface area (Å²) in [4.78, 5) is 9.67. The lowest BCUT2D eigenvalue weighted by Gasteiger charge is -2.29. The molecule has 29 heavy (non-hydrogen) atoms. The Morgan fingerprint density at radius 3 is 2.62 bits per heavy atom. The van der Waals surface area contributed by atoms with Crippen LogP contribution in [0.25, 0.3) is 0 Å². The van der Waals surface area contributed by atoms with E-state index in [1.807, 2.05) is 4.90 Å². The number of aromatic nitrogens is 1. The molecule has 1 aliphatic rings. The zero-order valence-corrected chi connectivity index (χ0v) is 15.5. The molecule has 3 rings (SSSR count). The third-order valence-corrected chi connectivity index (χ3v) is 4.69. The van der Waals surface area contributed by atoms with E-state index >= 15 is 8.78 Å². The molecular formula is C19H21F4N5O. The highest BCUT2D eigenvalue weighted by Crippen LogP contribution is 2.42. The maximum absolute atomic E-state index is 15.3. The number of nitrogens with one attached hydrogen (secondary N) is 1. The number of pyridine rings is 1. The van der Waals surface area contributed by atoms with Gasteiger partial charge in [-0.3, -0.25) is 9.98 Å². The van der Waals surface area contributed by atoms with Crippen molar-refractivity contribution in [2.45, 2.75) is 11.8 Å². The van der Waals surface area contributed by atoms with Crippen molar-refractivity contribution in [2.75, 3.05) is 37.7 Å². The molecule has 1 fully saturated rings. The first-order chi connectivity index (χ1) is 13.9. The number of hydrazine groups is 1. The Hall–Kier alpha value is -2.72. The molecule has 1 atom stereocenters. The van der Waals surface area contributed by atoms with Gasteiger partial charge in [0.05, 0.1) is 43.9 Å². The van der Waals surface area contributed by atoms with Crippen molar-refractivity contribution in [3.63, 3.8) is 0 Å². The lowest BCUT2D eigenvalue weighted by atomic mass is 9.89. The Bertz CT molecular complexity index is 841. The largest absolute Gasteiger partial charge is 0.378 e. The summed E-state index contributed by atoms with van der Waals surface area (Å²) >= 11 is 0. The van der Waals surface area contributed by atoms with Gasteiger partial charge in [0, 0.05) is 19.2 Å². The molecule has 1 aliphatic heterocycles. The number of hydrogen-bond donors (Lipinski definition) is 2. The van der Waals surface area contributed by atoms with Gasteiger partial charge in [-0.25, -0.2) is 14.6 Å². The molecule has 2 aromatic rings. The second-order valence-corrected chi connectivity index (χ2v) is 6.50. The van der Waals surface area contributed by atoms with E-state index in [1.165, 1.54) is 12.3 Å². The molecule has 0 amide bonds. The maximum atomic E-state index is 15.3. The molecule has 1 saturated heterocycles. The maximum Gasteiger partial charge on any atom is 0.298 e. The fraction of sp³-hybridized carbons (Fsp3) is 0.368. The molecule has 1 unspecified atom stereocenters. The minimum absolute atomic E-state index is 0.357. The zero-order valence-electron chi connectivity index (χ0n) is 15.5. The van der Waals surface area contributed by atoms with Crippen molar-refractivity contribution in [1.82, 2.24) is 10.4 Å². The number of benzene rings is 1. The number of hydrogen-bond acceptors (Lipinski definition) is 5. The van der Waals surface area contributed by atoms with Crippen LogP contribution < -0.4 is 16.2 Å². The van der Waals surface area contributed by atoms with Crippen LogP contribution in [0.5, 0.6) is 0 Å². The van der Waals surface area contributed by atoms with Crippen molar-refractivity contribution in [3.8, 4) is 0 Å². The average Bonchev–Trinajstić information content (AvgIpc) is 2.73. The van der Waals surface area contributed by atoms with E-state index in [2.05, 4.69) is 15.4 Å². The second kappa shape index (κ2) is 9.19. The molecule has 10 heteroatoms. The molecule has 3 N–H and O–H groups in total. The Balaban J connectivity index is 1.91. The molecule has 1 aromatic carbocycles. The summed E-state index contributed by atoms with van der Waals surface area (Å²) in [6.45, 7) is 1.91. The number of morpholine rings is 1. The summed E-state index contributed by atoms with van der Waals surface area (Å²) in [5.41, 5.74) is 1.92. The number of halogens is 4. The van der Waals surface area contributed by atoms with Crippen LogP contribution in [0, 0.1) is 11.6 Å². The Morgan fingerprint density at radius 2 is 2.00 bits per heavy atom. The molecule has 0 spiro atoms. The first-order valence-corrected chi connectivity index (χ1v) is 9.00. The number of aliphatic imine (C=N–C) groups is 1. The highest BCUT2D eigenvalue weighted by atomic mass is 19.3. The smallest absolute Gasteiger partial charge is 0.298 e. The van der Waals surface area contributed by atoms with E-state index in [0.717, 1.165) is 18.5 Å². The molecule has 0 radical (unpaired) electrons. The fourth-order valence-electron chi connectivity index (χ4n) is 3.17. The summed E-state index contributed by atoms with van der Waals surface area (Å²) in [6.07, 6.45) is 2.39. The Labute approximate surface area is 165 Å². The van der Waals surface area contributed by atoms with Crippen LogP contribution in [0.1, 0.15) is 17.2 Å². The van der Waals surface area contributed by atoms with E-state index < -0.39 is 35.7 Å². The molecule has 0 saturated carbocycles. The normalized spacial score (nSPS) is 16.2. The van der Waals surface area contributed by atoms with E-state index in [-0.39, 0.29) is 5.56 Å². The van der Waals surface area contributed by atoms with Crippen molar-refractivity contribution in [3.05, 3.63) is 59.4 Å². The SMILES string of the molecule is NNC=NCC(c1ccc(F)cc1F)C(F)(F)c1ccc(N2CCOCC2)cn1. The first-order valence-electron chi connectivity index (χ1n) is 9.00. The van der Waals surface area contributed by atoms with Crippen molar-refractivity contribution in [1.29, 1.82) is 0 Å². The molecule has 1 aromatic heterocycles. The number of nitrogens with zero attached hydrogens (tertiary/aromatic N) is 3. The molecule has 156 valence electrons. The monoisotopic (exact) mass is 411 g/mol. The molecule has 0 bridgehead atoms. The van der Waals surface area contributed by atoms with Crippen molar-refractivity contribution in [2.24, 2.45) is 10.8 Å². The molecule has 0 aliphatic carbocycles. The number of ether oxygens (including phenoxy) is 1. The topological polar surface area (TPSA) is 75.8 Å². The van der Waals surface area contributed by atoms with Gasteiger partial charge in [0.1, 0.15) is 17.3 Å². The third-order valence-electron chi connectivity index (χ3n) is 4.69. The van der Waals surface area contributed by atoms with Crippen LogP contribution in [0.3, 0.4) is 0 Å². The van der Waals surface area contributed by atoms with Gasteiger partial charge in [0.25, 0.3) is 5.92 Å². The van der Waals surface area contributed by atoms with Crippen LogP contribution in [0.2, 0.25) is 0 Å². The average molecular weight is 411 g/mol. The number of nitrogens with two attached hydrogens (primary N) is 1. The number of rotatable bonds is 7. The summed E-state index contributed by atoms with van der Waals surface area (Å²) < 4.78 is 63.4.